The van der Waals surface area contributed by atoms with Crippen molar-refractivity contribution in [2.24, 2.45) is 0 Å². The molecule has 19 heavy (non-hydrogen) atoms. The molecular formula is C11H18N2O4S2. The van der Waals surface area contributed by atoms with Gasteiger partial charge in [-0.2, -0.15) is 0 Å². The standard InChI is InChI=1S/C11H18N2O4S2/c1-19(16,17)13-6-2-5-12-8-10-4-3-9(18-10)7-11(14)15/h3-4,12-13H,2,5-8H2,1H3,(H,14,15). The van der Waals surface area contributed by atoms with Gasteiger partial charge < -0.3 is 10.4 Å². The van der Waals surface area contributed by atoms with E-state index in [0.29, 0.717) is 26.1 Å². The largest absolute Gasteiger partial charge is 0.481 e. The molecule has 1 rings (SSSR count). The van der Waals surface area contributed by atoms with Gasteiger partial charge in [-0.15, -0.1) is 11.3 Å². The topological polar surface area (TPSA) is 95.5 Å². The Kier molecular flexibility index (Phi) is 6.43. The zero-order chi connectivity index (χ0) is 14.3. The molecule has 1 heterocycles. The van der Waals surface area contributed by atoms with Crippen molar-refractivity contribution in [3.63, 3.8) is 0 Å². The number of carboxylic acids is 1. The second-order valence-electron chi connectivity index (χ2n) is 4.14. The summed E-state index contributed by atoms with van der Waals surface area (Å²) < 4.78 is 24.0. The maximum absolute atomic E-state index is 10.8. The number of hydrogen-bond donors (Lipinski definition) is 3. The van der Waals surface area contributed by atoms with Crippen LogP contribution in [0.3, 0.4) is 0 Å². The first kappa shape index (κ1) is 16.1. The van der Waals surface area contributed by atoms with Gasteiger partial charge in [0.25, 0.3) is 0 Å². The Morgan fingerprint density at radius 1 is 1.32 bits per heavy atom. The second kappa shape index (κ2) is 7.59. The molecule has 8 heteroatoms. The molecule has 1 aromatic heterocycles. The number of hydrogen-bond acceptors (Lipinski definition) is 5. The quantitative estimate of drug-likeness (QED) is 0.574. The summed E-state index contributed by atoms with van der Waals surface area (Å²) >= 11 is 1.47. The lowest BCUT2D eigenvalue weighted by molar-refractivity contribution is -0.136. The molecule has 0 atom stereocenters. The molecule has 3 N–H and O–H groups in total. The molecule has 0 amide bonds. The number of nitrogens with one attached hydrogen (secondary N) is 2. The van der Waals surface area contributed by atoms with Gasteiger partial charge in [0.2, 0.25) is 10.0 Å². The summed E-state index contributed by atoms with van der Waals surface area (Å²) in [7, 11) is -3.10. The van der Waals surface area contributed by atoms with E-state index in [1.165, 1.54) is 11.3 Å². The van der Waals surface area contributed by atoms with Gasteiger partial charge in [-0.1, -0.05) is 0 Å². The van der Waals surface area contributed by atoms with Crippen molar-refractivity contribution in [2.75, 3.05) is 19.3 Å². The van der Waals surface area contributed by atoms with Crippen LogP contribution < -0.4 is 10.0 Å². The van der Waals surface area contributed by atoms with Gasteiger partial charge in [0, 0.05) is 22.8 Å². The molecule has 0 spiro atoms. The van der Waals surface area contributed by atoms with Gasteiger partial charge in [0.15, 0.2) is 0 Å². The minimum atomic E-state index is -3.10. The highest BCUT2D eigenvalue weighted by molar-refractivity contribution is 7.88. The highest BCUT2D eigenvalue weighted by atomic mass is 32.2. The molecule has 0 radical (unpaired) electrons. The molecule has 108 valence electrons. The Labute approximate surface area is 116 Å². The van der Waals surface area contributed by atoms with Gasteiger partial charge in [-0.05, 0) is 25.1 Å². The minimum Gasteiger partial charge on any atom is -0.481 e. The number of carbonyl (C=O) groups is 1. The molecule has 0 saturated heterocycles. The van der Waals surface area contributed by atoms with E-state index >= 15 is 0 Å². The van der Waals surface area contributed by atoms with Crippen LogP contribution in [0.5, 0.6) is 0 Å². The van der Waals surface area contributed by atoms with E-state index in [0.717, 1.165) is 16.0 Å². The normalized spacial score (nSPS) is 11.6. The first-order valence-electron chi connectivity index (χ1n) is 5.81. The molecule has 0 aliphatic carbocycles. The molecule has 0 fully saturated rings. The zero-order valence-corrected chi connectivity index (χ0v) is 12.3. The fourth-order valence-electron chi connectivity index (χ4n) is 1.44. The van der Waals surface area contributed by atoms with Gasteiger partial charge in [-0.3, -0.25) is 4.79 Å². The first-order valence-corrected chi connectivity index (χ1v) is 8.52. The lowest BCUT2D eigenvalue weighted by Gasteiger charge is -2.03. The Morgan fingerprint density at radius 3 is 2.63 bits per heavy atom. The van der Waals surface area contributed by atoms with Crippen molar-refractivity contribution >= 4 is 27.3 Å². The summed E-state index contributed by atoms with van der Waals surface area (Å²) in [5, 5.41) is 11.8. The number of rotatable bonds is 9. The van der Waals surface area contributed by atoms with E-state index < -0.39 is 16.0 Å². The Hall–Kier alpha value is -0.960. The third-order valence-electron chi connectivity index (χ3n) is 2.24. The lowest BCUT2D eigenvalue weighted by Crippen LogP contribution is -2.26. The highest BCUT2D eigenvalue weighted by Gasteiger charge is 2.04. The van der Waals surface area contributed by atoms with E-state index in [2.05, 4.69) is 10.0 Å². The molecule has 0 bridgehead atoms. The van der Waals surface area contributed by atoms with Crippen LogP contribution in [0.2, 0.25) is 0 Å². The predicted molar refractivity (Wildman–Crippen MR) is 74.8 cm³/mol. The van der Waals surface area contributed by atoms with Crippen LogP contribution in [-0.2, 0) is 27.8 Å². The molecule has 0 aliphatic rings. The summed E-state index contributed by atoms with van der Waals surface area (Å²) in [5.74, 6) is -0.826. The fourth-order valence-corrected chi connectivity index (χ4v) is 2.94. The average Bonchev–Trinajstić information content (AvgIpc) is 2.68. The number of sulfonamides is 1. The maximum atomic E-state index is 10.8. The Bertz CT molecular complexity index is 511. The van der Waals surface area contributed by atoms with E-state index in [4.69, 9.17) is 5.11 Å². The SMILES string of the molecule is CS(=O)(=O)NCCCNCc1ccc(CC(=O)O)s1. The third-order valence-corrected chi connectivity index (χ3v) is 4.05. The fraction of sp³-hybridized carbons (Fsp3) is 0.545. The van der Waals surface area contributed by atoms with Gasteiger partial charge in [0.05, 0.1) is 12.7 Å². The van der Waals surface area contributed by atoms with E-state index in [1.807, 2.05) is 12.1 Å². The number of carboxylic acid groups (broad SMARTS) is 1. The number of aliphatic carboxylic acids is 1. The smallest absolute Gasteiger partial charge is 0.308 e. The Balaban J connectivity index is 2.16. The summed E-state index contributed by atoms with van der Waals surface area (Å²) in [5.41, 5.74) is 0. The minimum absolute atomic E-state index is 0.0585. The van der Waals surface area contributed by atoms with Crippen molar-refractivity contribution in [2.45, 2.75) is 19.4 Å². The maximum Gasteiger partial charge on any atom is 0.308 e. The second-order valence-corrected chi connectivity index (χ2v) is 7.22. The van der Waals surface area contributed by atoms with Crippen LogP contribution >= 0.6 is 11.3 Å². The van der Waals surface area contributed by atoms with Gasteiger partial charge in [0.1, 0.15) is 0 Å². The molecular weight excluding hydrogens is 288 g/mol. The number of thiophene rings is 1. The van der Waals surface area contributed by atoms with Crippen LogP contribution in [0, 0.1) is 0 Å². The first-order chi connectivity index (χ1) is 8.87. The summed E-state index contributed by atoms with van der Waals surface area (Å²) in [6.07, 6.45) is 1.90. The third kappa shape index (κ3) is 7.93. The van der Waals surface area contributed by atoms with Crippen LogP contribution in [0.4, 0.5) is 0 Å². The van der Waals surface area contributed by atoms with Crippen molar-refractivity contribution in [3.8, 4) is 0 Å². The Morgan fingerprint density at radius 2 is 2.00 bits per heavy atom. The van der Waals surface area contributed by atoms with Crippen LogP contribution in [0.25, 0.3) is 0 Å². The van der Waals surface area contributed by atoms with Crippen molar-refractivity contribution in [3.05, 3.63) is 21.9 Å². The van der Waals surface area contributed by atoms with E-state index in [-0.39, 0.29) is 6.42 Å². The molecule has 1 aromatic rings. The summed E-state index contributed by atoms with van der Waals surface area (Å²) in [6.45, 7) is 1.79. The zero-order valence-electron chi connectivity index (χ0n) is 10.7. The molecule has 6 nitrogen and oxygen atoms in total. The van der Waals surface area contributed by atoms with Gasteiger partial charge in [-0.25, -0.2) is 13.1 Å². The van der Waals surface area contributed by atoms with Crippen LogP contribution in [0.1, 0.15) is 16.2 Å². The predicted octanol–water partition coefficient (Wildman–Crippen LogP) is 0.404. The van der Waals surface area contributed by atoms with Crippen molar-refractivity contribution < 1.29 is 18.3 Å². The van der Waals surface area contributed by atoms with E-state index in [9.17, 15) is 13.2 Å². The van der Waals surface area contributed by atoms with Crippen molar-refractivity contribution in [1.29, 1.82) is 0 Å². The molecule has 0 unspecified atom stereocenters. The summed E-state index contributed by atoms with van der Waals surface area (Å²) in [6, 6.07) is 3.73. The monoisotopic (exact) mass is 306 g/mol. The molecule has 0 aliphatic heterocycles. The van der Waals surface area contributed by atoms with E-state index in [1.54, 1.807) is 0 Å². The van der Waals surface area contributed by atoms with Crippen LogP contribution in [0.15, 0.2) is 12.1 Å². The van der Waals surface area contributed by atoms with Crippen LogP contribution in [-0.4, -0.2) is 38.8 Å². The lowest BCUT2D eigenvalue weighted by atomic mass is 10.3. The average molecular weight is 306 g/mol. The molecule has 0 saturated carbocycles. The summed E-state index contributed by atoms with van der Waals surface area (Å²) in [4.78, 5) is 12.4. The van der Waals surface area contributed by atoms with Crippen molar-refractivity contribution in [1.82, 2.24) is 10.0 Å². The molecule has 0 aromatic carbocycles. The van der Waals surface area contributed by atoms with Gasteiger partial charge >= 0.3 is 5.97 Å². The highest BCUT2D eigenvalue weighted by Crippen LogP contribution is 2.16.